The normalized spacial score (nSPS) is 10.3. The van der Waals surface area contributed by atoms with Crippen molar-refractivity contribution in [3.05, 3.63) is 41.5 Å². The summed E-state index contributed by atoms with van der Waals surface area (Å²) < 4.78 is 10.2. The molecule has 0 unspecified atom stereocenters. The maximum absolute atomic E-state index is 5.55. The number of hydrogen-bond donors (Lipinski definition) is 0. The zero-order valence-electron chi connectivity index (χ0n) is 8.73. The lowest BCUT2D eigenvalue weighted by Gasteiger charge is -2.07. The van der Waals surface area contributed by atoms with Crippen molar-refractivity contribution in [3.8, 4) is 5.75 Å². The first-order valence-electron chi connectivity index (χ1n) is 4.71. The van der Waals surface area contributed by atoms with E-state index in [1.54, 1.807) is 0 Å². The zero-order chi connectivity index (χ0) is 10.7. The number of benzene rings is 1. The molecule has 0 fully saturated rings. The Bertz CT molecular complexity index is 438. The van der Waals surface area contributed by atoms with Gasteiger partial charge in [0.2, 0.25) is 12.2 Å². The van der Waals surface area contributed by atoms with Crippen LogP contribution < -0.4 is 4.74 Å². The Morgan fingerprint density at radius 3 is 2.87 bits per heavy atom. The van der Waals surface area contributed by atoms with Gasteiger partial charge in [0.25, 0.3) is 0 Å². The van der Waals surface area contributed by atoms with Crippen LogP contribution in [0.5, 0.6) is 5.75 Å². The SMILES string of the molecule is Cc1ccc(OCc2ncon2)c(C)c1. The molecule has 1 heterocycles. The molecule has 0 radical (unpaired) electrons. The highest BCUT2D eigenvalue weighted by Crippen LogP contribution is 2.19. The van der Waals surface area contributed by atoms with E-state index < -0.39 is 0 Å². The third-order valence-electron chi connectivity index (χ3n) is 2.09. The predicted octanol–water partition coefficient (Wildman–Crippen LogP) is 2.27. The van der Waals surface area contributed by atoms with E-state index in [4.69, 9.17) is 4.74 Å². The van der Waals surface area contributed by atoms with Gasteiger partial charge in [0.15, 0.2) is 6.61 Å². The molecular formula is C11H12N2O2. The molecule has 0 bridgehead atoms. The predicted molar refractivity (Wildman–Crippen MR) is 54.5 cm³/mol. The summed E-state index contributed by atoms with van der Waals surface area (Å²) >= 11 is 0. The van der Waals surface area contributed by atoms with Crippen molar-refractivity contribution in [2.45, 2.75) is 20.5 Å². The summed E-state index contributed by atoms with van der Waals surface area (Å²) in [5.74, 6) is 1.40. The average molecular weight is 204 g/mol. The highest BCUT2D eigenvalue weighted by atomic mass is 16.5. The van der Waals surface area contributed by atoms with Gasteiger partial charge in [0, 0.05) is 0 Å². The molecule has 0 amide bonds. The maximum Gasteiger partial charge on any atom is 0.213 e. The molecule has 0 spiro atoms. The molecule has 0 aliphatic carbocycles. The zero-order valence-corrected chi connectivity index (χ0v) is 8.73. The molecule has 1 aromatic heterocycles. The van der Waals surface area contributed by atoms with E-state index in [1.165, 1.54) is 12.0 Å². The van der Waals surface area contributed by atoms with Crippen molar-refractivity contribution in [2.75, 3.05) is 0 Å². The quantitative estimate of drug-likeness (QED) is 0.769. The van der Waals surface area contributed by atoms with E-state index in [1.807, 2.05) is 19.1 Å². The van der Waals surface area contributed by atoms with Gasteiger partial charge in [-0.25, -0.2) is 0 Å². The van der Waals surface area contributed by atoms with Crippen LogP contribution in [0.4, 0.5) is 0 Å². The second kappa shape index (κ2) is 4.13. The van der Waals surface area contributed by atoms with E-state index in [9.17, 15) is 0 Å². The number of ether oxygens (including phenoxy) is 1. The van der Waals surface area contributed by atoms with Crippen LogP contribution in [-0.4, -0.2) is 10.1 Å². The molecule has 0 N–H and O–H groups in total. The molecule has 2 aromatic rings. The Kier molecular flexibility index (Phi) is 2.67. The Morgan fingerprint density at radius 2 is 2.20 bits per heavy atom. The second-order valence-corrected chi connectivity index (χ2v) is 3.41. The number of aromatic nitrogens is 2. The number of hydrogen-bond acceptors (Lipinski definition) is 4. The topological polar surface area (TPSA) is 48.2 Å². The third-order valence-corrected chi connectivity index (χ3v) is 2.09. The van der Waals surface area contributed by atoms with Gasteiger partial charge < -0.3 is 9.26 Å². The molecule has 0 atom stereocenters. The van der Waals surface area contributed by atoms with Gasteiger partial charge in [-0.2, -0.15) is 4.98 Å². The van der Waals surface area contributed by atoms with Crippen molar-refractivity contribution in [2.24, 2.45) is 0 Å². The summed E-state index contributed by atoms with van der Waals surface area (Å²) in [5, 5.41) is 3.67. The van der Waals surface area contributed by atoms with Crippen molar-refractivity contribution >= 4 is 0 Å². The van der Waals surface area contributed by atoms with Crippen LogP contribution in [0.25, 0.3) is 0 Å². The molecule has 4 nitrogen and oxygen atoms in total. The lowest BCUT2D eigenvalue weighted by Crippen LogP contribution is -1.98. The molecule has 0 saturated carbocycles. The van der Waals surface area contributed by atoms with Crippen LogP contribution in [0, 0.1) is 13.8 Å². The second-order valence-electron chi connectivity index (χ2n) is 3.41. The fourth-order valence-electron chi connectivity index (χ4n) is 1.36. The van der Waals surface area contributed by atoms with E-state index in [0.29, 0.717) is 12.4 Å². The molecule has 78 valence electrons. The summed E-state index contributed by atoms with van der Waals surface area (Å²) in [7, 11) is 0. The smallest absolute Gasteiger partial charge is 0.213 e. The Hall–Kier alpha value is -1.84. The Balaban J connectivity index is 2.05. The van der Waals surface area contributed by atoms with Crippen LogP contribution in [0.3, 0.4) is 0 Å². The number of nitrogens with zero attached hydrogens (tertiary/aromatic N) is 2. The van der Waals surface area contributed by atoms with Crippen molar-refractivity contribution in [3.63, 3.8) is 0 Å². The molecular weight excluding hydrogens is 192 g/mol. The van der Waals surface area contributed by atoms with Crippen LogP contribution in [0.15, 0.2) is 29.1 Å². The van der Waals surface area contributed by atoms with Crippen LogP contribution >= 0.6 is 0 Å². The summed E-state index contributed by atoms with van der Waals surface area (Å²) in [4.78, 5) is 3.88. The molecule has 0 aliphatic heterocycles. The lowest BCUT2D eigenvalue weighted by molar-refractivity contribution is 0.285. The standard InChI is InChI=1S/C11H12N2O2/c1-8-3-4-10(9(2)5-8)14-6-11-12-7-15-13-11/h3-5,7H,6H2,1-2H3. The highest BCUT2D eigenvalue weighted by molar-refractivity contribution is 5.35. The first-order valence-corrected chi connectivity index (χ1v) is 4.71. The van der Waals surface area contributed by atoms with Gasteiger partial charge >= 0.3 is 0 Å². The van der Waals surface area contributed by atoms with E-state index in [0.717, 1.165) is 11.3 Å². The number of aryl methyl sites for hydroxylation is 2. The summed E-state index contributed by atoms with van der Waals surface area (Å²) in [6.45, 7) is 4.40. The van der Waals surface area contributed by atoms with Crippen LogP contribution in [0.1, 0.15) is 17.0 Å². The van der Waals surface area contributed by atoms with Gasteiger partial charge in [0.05, 0.1) is 0 Å². The fourth-order valence-corrected chi connectivity index (χ4v) is 1.36. The minimum atomic E-state index is 0.334. The van der Waals surface area contributed by atoms with Crippen LogP contribution in [0.2, 0.25) is 0 Å². The first kappa shape index (κ1) is 9.71. The van der Waals surface area contributed by atoms with E-state index >= 15 is 0 Å². The van der Waals surface area contributed by atoms with Gasteiger partial charge in [-0.1, -0.05) is 22.9 Å². The molecule has 4 heteroatoms. The van der Waals surface area contributed by atoms with Gasteiger partial charge in [0.1, 0.15) is 5.75 Å². The summed E-state index contributed by atoms with van der Waals surface area (Å²) in [5.41, 5.74) is 2.33. The third kappa shape index (κ3) is 2.34. The lowest BCUT2D eigenvalue weighted by atomic mass is 10.1. The van der Waals surface area contributed by atoms with E-state index in [2.05, 4.69) is 27.7 Å². The minimum absolute atomic E-state index is 0.334. The molecule has 2 rings (SSSR count). The van der Waals surface area contributed by atoms with E-state index in [-0.39, 0.29) is 0 Å². The largest absolute Gasteiger partial charge is 0.485 e. The first-order chi connectivity index (χ1) is 7.25. The van der Waals surface area contributed by atoms with Crippen LogP contribution in [-0.2, 0) is 6.61 Å². The monoisotopic (exact) mass is 204 g/mol. The number of rotatable bonds is 3. The van der Waals surface area contributed by atoms with Crippen molar-refractivity contribution < 1.29 is 9.26 Å². The minimum Gasteiger partial charge on any atom is -0.485 e. The summed E-state index contributed by atoms with van der Waals surface area (Å²) in [6.07, 6.45) is 1.29. The van der Waals surface area contributed by atoms with Crippen molar-refractivity contribution in [1.82, 2.24) is 10.1 Å². The maximum atomic E-state index is 5.55. The Labute approximate surface area is 87.9 Å². The van der Waals surface area contributed by atoms with Gasteiger partial charge in [-0.3, -0.25) is 0 Å². The van der Waals surface area contributed by atoms with Gasteiger partial charge in [-0.15, -0.1) is 0 Å². The molecule has 0 saturated heterocycles. The van der Waals surface area contributed by atoms with Gasteiger partial charge in [-0.05, 0) is 25.5 Å². The highest BCUT2D eigenvalue weighted by Gasteiger charge is 2.02. The van der Waals surface area contributed by atoms with Crippen molar-refractivity contribution in [1.29, 1.82) is 0 Å². The molecule has 0 aliphatic rings. The Morgan fingerprint density at radius 1 is 1.33 bits per heavy atom. The molecule has 15 heavy (non-hydrogen) atoms. The average Bonchev–Trinajstić information content (AvgIpc) is 2.69. The molecule has 1 aromatic carbocycles. The fraction of sp³-hybridized carbons (Fsp3) is 0.273. The summed E-state index contributed by atoms with van der Waals surface area (Å²) in [6, 6.07) is 6.04.